The van der Waals surface area contributed by atoms with Gasteiger partial charge in [0.05, 0.1) is 5.02 Å². The summed E-state index contributed by atoms with van der Waals surface area (Å²) in [6, 6.07) is 4.29. The molecule has 0 aliphatic carbocycles. The van der Waals surface area contributed by atoms with E-state index < -0.39 is 11.9 Å². The average molecular weight is 326 g/mol. The third-order valence-corrected chi connectivity index (χ3v) is 4.42. The summed E-state index contributed by atoms with van der Waals surface area (Å²) in [7, 11) is 0. The summed E-state index contributed by atoms with van der Waals surface area (Å²) in [5, 5.41) is 5.71. The number of nitrogens with one attached hydrogen (secondary N) is 2. The molecule has 2 N–H and O–H groups in total. The van der Waals surface area contributed by atoms with Crippen molar-refractivity contribution in [2.24, 2.45) is 0 Å². The molecule has 22 heavy (non-hydrogen) atoms. The fourth-order valence-corrected chi connectivity index (χ4v) is 3.02. The number of amides is 2. The van der Waals surface area contributed by atoms with Gasteiger partial charge in [-0.05, 0) is 31.0 Å². The highest BCUT2D eigenvalue weighted by Gasteiger charge is 2.31. The Morgan fingerprint density at radius 3 is 2.91 bits per heavy atom. The quantitative estimate of drug-likeness (QED) is 0.884. The number of anilines is 1. The number of carbonyl (C=O) groups is 2. The standard InChI is InChI=1S/C15H17ClFN3O2/c16-11-2-1-10(7-12(11)17)20-6-5-9(8-20)18-15(22)13-3-4-14(21)19-13/h1-2,7,9,13H,3-6,8H2,(H,18,22)(H,19,21)/t9-,13-/m1/s1. The molecule has 2 amide bonds. The second kappa shape index (κ2) is 6.12. The largest absolute Gasteiger partial charge is 0.369 e. The van der Waals surface area contributed by atoms with Crippen molar-refractivity contribution in [3.63, 3.8) is 0 Å². The molecule has 2 fully saturated rings. The molecule has 1 aromatic carbocycles. The van der Waals surface area contributed by atoms with Gasteiger partial charge < -0.3 is 15.5 Å². The molecule has 1 aromatic rings. The van der Waals surface area contributed by atoms with Crippen LogP contribution in [0.5, 0.6) is 0 Å². The highest BCUT2D eigenvalue weighted by atomic mass is 35.5. The van der Waals surface area contributed by atoms with E-state index in [-0.39, 0.29) is 22.9 Å². The van der Waals surface area contributed by atoms with Gasteiger partial charge in [0, 0.05) is 31.2 Å². The summed E-state index contributed by atoms with van der Waals surface area (Å²) in [6.45, 7) is 1.36. The highest BCUT2D eigenvalue weighted by Crippen LogP contribution is 2.25. The predicted molar refractivity (Wildman–Crippen MR) is 81.3 cm³/mol. The van der Waals surface area contributed by atoms with Gasteiger partial charge in [-0.3, -0.25) is 9.59 Å². The Morgan fingerprint density at radius 2 is 2.23 bits per heavy atom. The minimum absolute atomic E-state index is 0.00346. The molecule has 2 saturated heterocycles. The SMILES string of the molecule is O=C1CC[C@H](C(=O)N[C@@H]2CCN(c3ccc(Cl)c(F)c3)C2)N1. The topological polar surface area (TPSA) is 61.4 Å². The van der Waals surface area contributed by atoms with Crippen LogP contribution in [-0.2, 0) is 9.59 Å². The van der Waals surface area contributed by atoms with Crippen LogP contribution in [0.1, 0.15) is 19.3 Å². The number of hydrogen-bond donors (Lipinski definition) is 2. The first-order valence-corrected chi connectivity index (χ1v) is 7.70. The monoisotopic (exact) mass is 325 g/mol. The Bertz CT molecular complexity index is 610. The first-order chi connectivity index (χ1) is 10.5. The smallest absolute Gasteiger partial charge is 0.242 e. The molecule has 0 spiro atoms. The molecule has 118 valence electrons. The number of carbonyl (C=O) groups excluding carboxylic acids is 2. The lowest BCUT2D eigenvalue weighted by Gasteiger charge is -2.20. The van der Waals surface area contributed by atoms with Crippen molar-refractivity contribution in [3.8, 4) is 0 Å². The van der Waals surface area contributed by atoms with Gasteiger partial charge in [0.1, 0.15) is 11.9 Å². The van der Waals surface area contributed by atoms with E-state index in [1.165, 1.54) is 12.1 Å². The van der Waals surface area contributed by atoms with E-state index >= 15 is 0 Å². The Hall–Kier alpha value is -1.82. The van der Waals surface area contributed by atoms with E-state index in [0.717, 1.165) is 18.7 Å². The van der Waals surface area contributed by atoms with Crippen LogP contribution in [-0.4, -0.2) is 37.0 Å². The van der Waals surface area contributed by atoms with Gasteiger partial charge in [0.15, 0.2) is 0 Å². The zero-order valence-corrected chi connectivity index (χ0v) is 12.7. The van der Waals surface area contributed by atoms with Gasteiger partial charge in [-0.2, -0.15) is 0 Å². The van der Waals surface area contributed by atoms with Crippen LogP contribution in [0.2, 0.25) is 5.02 Å². The van der Waals surface area contributed by atoms with Gasteiger partial charge >= 0.3 is 0 Å². The van der Waals surface area contributed by atoms with Crippen molar-refractivity contribution < 1.29 is 14.0 Å². The maximum atomic E-state index is 13.5. The molecule has 7 heteroatoms. The molecule has 2 aliphatic heterocycles. The van der Waals surface area contributed by atoms with Crippen LogP contribution < -0.4 is 15.5 Å². The molecule has 0 unspecified atom stereocenters. The summed E-state index contributed by atoms with van der Waals surface area (Å²) in [4.78, 5) is 25.2. The van der Waals surface area contributed by atoms with Crippen molar-refractivity contribution in [3.05, 3.63) is 29.0 Å². The third-order valence-electron chi connectivity index (χ3n) is 4.11. The molecule has 5 nitrogen and oxygen atoms in total. The fraction of sp³-hybridized carbons (Fsp3) is 0.467. The second-order valence-electron chi connectivity index (χ2n) is 5.70. The van der Waals surface area contributed by atoms with Gasteiger partial charge in [-0.1, -0.05) is 11.6 Å². The molecule has 2 aliphatic rings. The van der Waals surface area contributed by atoms with Crippen molar-refractivity contribution in [2.75, 3.05) is 18.0 Å². The van der Waals surface area contributed by atoms with E-state index in [4.69, 9.17) is 11.6 Å². The minimum atomic E-state index is -0.444. The van der Waals surface area contributed by atoms with E-state index in [9.17, 15) is 14.0 Å². The van der Waals surface area contributed by atoms with Crippen LogP contribution in [0.3, 0.4) is 0 Å². The zero-order valence-electron chi connectivity index (χ0n) is 11.9. The summed E-state index contributed by atoms with van der Waals surface area (Å²) < 4.78 is 13.5. The maximum absolute atomic E-state index is 13.5. The normalized spacial score (nSPS) is 24.5. The Balaban J connectivity index is 1.56. The Kier molecular flexibility index (Phi) is 4.20. The van der Waals surface area contributed by atoms with Gasteiger partial charge in [0.2, 0.25) is 11.8 Å². The molecular formula is C15H17ClFN3O2. The van der Waals surface area contributed by atoms with Gasteiger partial charge in [-0.25, -0.2) is 4.39 Å². The van der Waals surface area contributed by atoms with Crippen LogP contribution in [0.4, 0.5) is 10.1 Å². The summed E-state index contributed by atoms with van der Waals surface area (Å²) in [5.74, 6) is -0.662. The number of halogens is 2. The van der Waals surface area contributed by atoms with Crippen LogP contribution in [0, 0.1) is 5.82 Å². The molecular weight excluding hydrogens is 309 g/mol. The highest BCUT2D eigenvalue weighted by molar-refractivity contribution is 6.30. The molecule has 0 bridgehead atoms. The van der Waals surface area contributed by atoms with Crippen molar-refractivity contribution in [1.29, 1.82) is 0 Å². The maximum Gasteiger partial charge on any atom is 0.242 e. The molecule has 0 saturated carbocycles. The lowest BCUT2D eigenvalue weighted by atomic mass is 10.2. The predicted octanol–water partition coefficient (Wildman–Crippen LogP) is 1.45. The Morgan fingerprint density at radius 1 is 1.41 bits per heavy atom. The first kappa shape index (κ1) is 15.1. The number of rotatable bonds is 3. The summed E-state index contributed by atoms with van der Waals surface area (Å²) >= 11 is 5.68. The molecule has 2 atom stereocenters. The van der Waals surface area contributed by atoms with Crippen LogP contribution >= 0.6 is 11.6 Å². The molecule has 0 aromatic heterocycles. The minimum Gasteiger partial charge on any atom is -0.369 e. The molecule has 0 radical (unpaired) electrons. The second-order valence-corrected chi connectivity index (χ2v) is 6.10. The van der Waals surface area contributed by atoms with Crippen molar-refractivity contribution in [2.45, 2.75) is 31.3 Å². The lowest BCUT2D eigenvalue weighted by Crippen LogP contribution is -2.46. The molecule has 3 rings (SSSR count). The van der Waals surface area contributed by atoms with E-state index in [1.807, 2.05) is 4.90 Å². The average Bonchev–Trinajstić information content (AvgIpc) is 3.11. The van der Waals surface area contributed by atoms with E-state index in [2.05, 4.69) is 10.6 Å². The number of nitrogens with zero attached hydrogens (tertiary/aromatic N) is 1. The van der Waals surface area contributed by atoms with Crippen LogP contribution in [0.25, 0.3) is 0 Å². The van der Waals surface area contributed by atoms with E-state index in [0.29, 0.717) is 19.4 Å². The van der Waals surface area contributed by atoms with Gasteiger partial charge in [-0.15, -0.1) is 0 Å². The number of hydrogen-bond acceptors (Lipinski definition) is 3. The van der Waals surface area contributed by atoms with Crippen molar-refractivity contribution >= 4 is 29.1 Å². The molecule has 2 heterocycles. The summed E-state index contributed by atoms with van der Waals surface area (Å²) in [5.41, 5.74) is 0.757. The van der Waals surface area contributed by atoms with Crippen molar-refractivity contribution in [1.82, 2.24) is 10.6 Å². The third kappa shape index (κ3) is 3.16. The summed E-state index contributed by atoms with van der Waals surface area (Å²) in [6.07, 6.45) is 1.74. The van der Waals surface area contributed by atoms with E-state index in [1.54, 1.807) is 6.07 Å². The zero-order chi connectivity index (χ0) is 15.7. The lowest BCUT2D eigenvalue weighted by molar-refractivity contribution is -0.126. The van der Waals surface area contributed by atoms with Crippen LogP contribution in [0.15, 0.2) is 18.2 Å². The van der Waals surface area contributed by atoms with Gasteiger partial charge in [0.25, 0.3) is 0 Å². The first-order valence-electron chi connectivity index (χ1n) is 7.32. The Labute approximate surface area is 132 Å². The number of benzene rings is 1. The fourth-order valence-electron chi connectivity index (χ4n) is 2.91.